The number of ether oxygens (including phenoxy) is 2. The van der Waals surface area contributed by atoms with E-state index < -0.39 is 6.16 Å². The lowest BCUT2D eigenvalue weighted by Gasteiger charge is -2.05. The number of carbonyl (C=O) groups is 1. The maximum Gasteiger partial charge on any atom is 0.508 e. The van der Waals surface area contributed by atoms with Crippen LogP contribution >= 0.6 is 0 Å². The van der Waals surface area contributed by atoms with E-state index in [1.807, 2.05) is 24.3 Å². The first kappa shape index (κ1) is 7.01. The normalized spacial score (nSPS) is 28.5. The van der Waals surface area contributed by atoms with Gasteiger partial charge in [-0.05, 0) is 5.56 Å². The molecule has 4 heteroatoms. The molecule has 64 valence electrons. The summed E-state index contributed by atoms with van der Waals surface area (Å²) in [6.45, 7) is 0. The van der Waals surface area contributed by atoms with Crippen LogP contribution in [0.1, 0.15) is 11.7 Å². The third kappa shape index (κ3) is 0.884. The van der Waals surface area contributed by atoms with Crippen molar-refractivity contribution >= 4 is 18.9 Å². The Bertz CT molecular complexity index is 377. The zero-order valence-electron chi connectivity index (χ0n) is 6.90. The SMILES string of the molecule is O=C1OC2Bc3ccccc3C2O1. The first-order chi connectivity index (χ1) is 6.34. The van der Waals surface area contributed by atoms with Gasteiger partial charge in [0.2, 0.25) is 7.28 Å². The molecule has 1 aromatic rings. The standard InChI is InChI=1S/C9H7BO3/c11-9-12-7-5-3-1-2-4-6(5)10-8(7)13-9/h1-4,7-8,10H. The zero-order valence-corrected chi connectivity index (χ0v) is 6.90. The predicted molar refractivity (Wildman–Crippen MR) is 47.3 cm³/mol. The molecule has 2 aliphatic rings. The molecule has 0 amide bonds. The molecular weight excluding hydrogens is 167 g/mol. The van der Waals surface area contributed by atoms with E-state index in [1.165, 1.54) is 5.46 Å². The molecule has 2 unspecified atom stereocenters. The third-order valence-electron chi connectivity index (χ3n) is 2.59. The summed E-state index contributed by atoms with van der Waals surface area (Å²) in [5.74, 6) is 0. The highest BCUT2D eigenvalue weighted by atomic mass is 16.8. The summed E-state index contributed by atoms with van der Waals surface area (Å²) < 4.78 is 10.1. The van der Waals surface area contributed by atoms with Gasteiger partial charge in [-0.15, -0.1) is 0 Å². The number of hydrogen-bond donors (Lipinski definition) is 0. The first-order valence-corrected chi connectivity index (χ1v) is 4.29. The van der Waals surface area contributed by atoms with Gasteiger partial charge in [0.1, 0.15) is 6.00 Å². The van der Waals surface area contributed by atoms with Crippen molar-refractivity contribution < 1.29 is 14.3 Å². The molecule has 0 aliphatic carbocycles. The fourth-order valence-corrected chi connectivity index (χ4v) is 2.02. The lowest BCUT2D eigenvalue weighted by atomic mass is 9.69. The molecule has 3 rings (SSSR count). The maximum absolute atomic E-state index is 10.8. The number of fused-ring (bicyclic) bond motifs is 3. The Hall–Kier alpha value is -1.45. The first-order valence-electron chi connectivity index (χ1n) is 4.29. The molecule has 13 heavy (non-hydrogen) atoms. The Kier molecular flexibility index (Phi) is 1.23. The Morgan fingerprint density at radius 3 is 3.00 bits per heavy atom. The van der Waals surface area contributed by atoms with Gasteiger partial charge in [-0.3, -0.25) is 0 Å². The highest BCUT2D eigenvalue weighted by Gasteiger charge is 2.44. The lowest BCUT2D eigenvalue weighted by molar-refractivity contribution is 0.118. The highest BCUT2D eigenvalue weighted by Crippen LogP contribution is 2.32. The van der Waals surface area contributed by atoms with Crippen molar-refractivity contribution in [3.05, 3.63) is 29.8 Å². The summed E-state index contributed by atoms with van der Waals surface area (Å²) in [6.07, 6.45) is -0.701. The van der Waals surface area contributed by atoms with Crippen LogP contribution in [-0.4, -0.2) is 19.4 Å². The summed E-state index contributed by atoms with van der Waals surface area (Å²) in [4.78, 5) is 10.8. The van der Waals surface area contributed by atoms with Gasteiger partial charge in [0, 0.05) is 0 Å². The minimum absolute atomic E-state index is 0.0927. The van der Waals surface area contributed by atoms with E-state index in [4.69, 9.17) is 9.47 Å². The van der Waals surface area contributed by atoms with Gasteiger partial charge in [-0.2, -0.15) is 0 Å². The van der Waals surface area contributed by atoms with Crippen molar-refractivity contribution in [2.75, 3.05) is 0 Å². The monoisotopic (exact) mass is 174 g/mol. The van der Waals surface area contributed by atoms with Crippen LogP contribution in [0, 0.1) is 0 Å². The van der Waals surface area contributed by atoms with Gasteiger partial charge >= 0.3 is 6.16 Å². The number of rotatable bonds is 0. The number of hydrogen-bond acceptors (Lipinski definition) is 3. The van der Waals surface area contributed by atoms with E-state index in [-0.39, 0.29) is 12.1 Å². The van der Waals surface area contributed by atoms with E-state index in [0.717, 1.165) is 12.8 Å². The molecule has 2 aliphatic heterocycles. The topological polar surface area (TPSA) is 35.5 Å². The third-order valence-corrected chi connectivity index (χ3v) is 2.59. The summed E-state index contributed by atoms with van der Waals surface area (Å²) in [5.41, 5.74) is 2.32. The molecule has 2 heterocycles. The van der Waals surface area contributed by atoms with Gasteiger partial charge < -0.3 is 9.47 Å². The molecule has 0 bridgehead atoms. The van der Waals surface area contributed by atoms with E-state index in [1.54, 1.807) is 0 Å². The Morgan fingerprint density at radius 1 is 1.23 bits per heavy atom. The largest absolute Gasteiger partial charge is 0.508 e. The van der Waals surface area contributed by atoms with Gasteiger partial charge in [0.25, 0.3) is 0 Å². The lowest BCUT2D eigenvalue weighted by Crippen LogP contribution is -2.21. The minimum Gasteiger partial charge on any atom is -0.436 e. The molecule has 0 spiro atoms. The van der Waals surface area contributed by atoms with Crippen molar-refractivity contribution in [1.29, 1.82) is 0 Å². The second kappa shape index (κ2) is 2.28. The Morgan fingerprint density at radius 2 is 2.08 bits per heavy atom. The smallest absolute Gasteiger partial charge is 0.436 e. The average molecular weight is 174 g/mol. The predicted octanol–water partition coefficient (Wildman–Crippen LogP) is 0.296. The van der Waals surface area contributed by atoms with E-state index in [9.17, 15) is 4.79 Å². The Labute approximate surface area is 75.9 Å². The highest BCUT2D eigenvalue weighted by molar-refractivity contribution is 6.57. The van der Waals surface area contributed by atoms with Crippen molar-refractivity contribution in [3.63, 3.8) is 0 Å². The molecule has 0 N–H and O–H groups in total. The molecule has 0 saturated carbocycles. The molecule has 3 nitrogen and oxygen atoms in total. The van der Waals surface area contributed by atoms with E-state index in [0.29, 0.717) is 0 Å². The van der Waals surface area contributed by atoms with Crippen LogP contribution < -0.4 is 5.46 Å². The molecular formula is C9H7BO3. The summed E-state index contributed by atoms with van der Waals surface area (Å²) in [7, 11) is 0.784. The molecule has 0 radical (unpaired) electrons. The van der Waals surface area contributed by atoms with Crippen LogP contribution in [-0.2, 0) is 9.47 Å². The second-order valence-corrected chi connectivity index (χ2v) is 3.35. The second-order valence-electron chi connectivity index (χ2n) is 3.35. The Balaban J connectivity index is 2.06. The van der Waals surface area contributed by atoms with E-state index in [2.05, 4.69) is 0 Å². The average Bonchev–Trinajstić information content (AvgIpc) is 2.60. The summed E-state index contributed by atoms with van der Waals surface area (Å²) >= 11 is 0. The van der Waals surface area contributed by atoms with Crippen LogP contribution in [0.3, 0.4) is 0 Å². The van der Waals surface area contributed by atoms with Crippen molar-refractivity contribution in [2.24, 2.45) is 0 Å². The van der Waals surface area contributed by atoms with Crippen molar-refractivity contribution in [3.8, 4) is 0 Å². The zero-order chi connectivity index (χ0) is 8.84. The fourth-order valence-electron chi connectivity index (χ4n) is 2.02. The number of carbonyl (C=O) groups excluding carboxylic acids is 1. The van der Waals surface area contributed by atoms with Crippen LogP contribution in [0.25, 0.3) is 0 Å². The van der Waals surface area contributed by atoms with Gasteiger partial charge in [0.15, 0.2) is 6.10 Å². The fraction of sp³-hybridized carbons (Fsp3) is 0.222. The van der Waals surface area contributed by atoms with Crippen molar-refractivity contribution in [2.45, 2.75) is 12.1 Å². The number of benzene rings is 1. The molecule has 1 aromatic carbocycles. The van der Waals surface area contributed by atoms with Crippen molar-refractivity contribution in [1.82, 2.24) is 0 Å². The molecule has 2 atom stereocenters. The van der Waals surface area contributed by atoms with Gasteiger partial charge in [0.05, 0.1) is 0 Å². The summed E-state index contributed by atoms with van der Waals surface area (Å²) in [5, 5.41) is 0. The van der Waals surface area contributed by atoms with Gasteiger partial charge in [-0.25, -0.2) is 4.79 Å². The molecule has 1 fully saturated rings. The maximum atomic E-state index is 10.8. The van der Waals surface area contributed by atoms with Gasteiger partial charge in [-0.1, -0.05) is 29.7 Å². The van der Waals surface area contributed by atoms with Crippen LogP contribution in [0.15, 0.2) is 24.3 Å². The van der Waals surface area contributed by atoms with Crippen LogP contribution in [0.2, 0.25) is 0 Å². The van der Waals surface area contributed by atoms with Crippen LogP contribution in [0.4, 0.5) is 4.79 Å². The van der Waals surface area contributed by atoms with Crippen LogP contribution in [0.5, 0.6) is 0 Å². The van der Waals surface area contributed by atoms with E-state index >= 15 is 0 Å². The molecule has 1 saturated heterocycles. The minimum atomic E-state index is -0.537. The quantitative estimate of drug-likeness (QED) is 0.419. The summed E-state index contributed by atoms with van der Waals surface area (Å²) in [6, 6.07) is 7.88. The molecule has 0 aromatic heterocycles.